The van der Waals surface area contributed by atoms with Crippen molar-refractivity contribution in [2.24, 2.45) is 23.2 Å². The van der Waals surface area contributed by atoms with Gasteiger partial charge in [0.05, 0.1) is 16.4 Å². The number of hydrogen-bond acceptors (Lipinski definition) is 5. The van der Waals surface area contributed by atoms with E-state index in [4.69, 9.17) is 4.74 Å². The predicted octanol–water partition coefficient (Wildman–Crippen LogP) is 3.99. The van der Waals surface area contributed by atoms with Crippen LogP contribution in [0, 0.1) is 23.2 Å². The average Bonchev–Trinajstić information content (AvgIpc) is 2.88. The summed E-state index contributed by atoms with van der Waals surface area (Å²) in [6.07, 6.45) is 9.71. The van der Waals surface area contributed by atoms with Crippen LogP contribution in [-0.2, 0) is 14.3 Å². The summed E-state index contributed by atoms with van der Waals surface area (Å²) >= 11 is 4.62. The van der Waals surface area contributed by atoms with Gasteiger partial charge in [0.2, 0.25) is 0 Å². The molecule has 1 aromatic rings. The van der Waals surface area contributed by atoms with Crippen LogP contribution in [0.1, 0.15) is 44.9 Å². The van der Waals surface area contributed by atoms with Crippen molar-refractivity contribution in [3.05, 3.63) is 9.98 Å². The number of aromatic nitrogens is 1. The highest BCUT2D eigenvalue weighted by molar-refractivity contribution is 9.11. The van der Waals surface area contributed by atoms with Crippen LogP contribution in [0.3, 0.4) is 0 Å². The number of carbonyl (C=O) groups is 2. The van der Waals surface area contributed by atoms with Gasteiger partial charge < -0.3 is 4.74 Å². The zero-order chi connectivity index (χ0) is 16.7. The Morgan fingerprint density at radius 2 is 1.88 bits per heavy atom. The van der Waals surface area contributed by atoms with E-state index >= 15 is 0 Å². The third kappa shape index (κ3) is 3.52. The molecular formula is C17H21BrN2O3S. The molecule has 4 bridgehead atoms. The smallest absolute Gasteiger partial charge is 0.306 e. The molecule has 0 spiro atoms. The average molecular weight is 413 g/mol. The van der Waals surface area contributed by atoms with Crippen molar-refractivity contribution in [3.8, 4) is 0 Å². The summed E-state index contributed by atoms with van der Waals surface area (Å²) in [6.45, 7) is -0.234. The van der Waals surface area contributed by atoms with Crippen LogP contribution in [0.25, 0.3) is 0 Å². The molecule has 1 aromatic heterocycles. The van der Waals surface area contributed by atoms with Gasteiger partial charge in [0.25, 0.3) is 5.91 Å². The third-order valence-corrected chi connectivity index (χ3v) is 7.16. The van der Waals surface area contributed by atoms with Crippen molar-refractivity contribution in [1.82, 2.24) is 4.98 Å². The van der Waals surface area contributed by atoms with Crippen molar-refractivity contribution >= 4 is 44.3 Å². The Morgan fingerprint density at radius 3 is 2.42 bits per heavy atom. The van der Waals surface area contributed by atoms with E-state index in [1.165, 1.54) is 49.9 Å². The number of rotatable bonds is 5. The standard InChI is InChI=1S/C17H21BrN2O3S/c18-13-8-19-16(24-13)20-14(21)9-23-15(22)7-17-4-10-1-11(5-17)3-12(2-10)6-17/h8,10-12H,1-7,9H2,(H,19,20,21). The summed E-state index contributed by atoms with van der Waals surface area (Å²) in [6, 6.07) is 0. The quantitative estimate of drug-likeness (QED) is 0.742. The first-order chi connectivity index (χ1) is 11.5. The SMILES string of the molecule is O=C(COC(=O)CC12CC3CC(CC(C3)C1)C2)Nc1ncc(Br)s1. The van der Waals surface area contributed by atoms with Gasteiger partial charge in [0.15, 0.2) is 11.7 Å². The lowest BCUT2D eigenvalue weighted by atomic mass is 9.49. The Morgan fingerprint density at radius 1 is 1.25 bits per heavy atom. The molecule has 1 amide bonds. The second-order valence-corrected chi connectivity index (χ2v) is 10.2. The number of hydrogen-bond donors (Lipinski definition) is 1. The minimum Gasteiger partial charge on any atom is -0.456 e. The van der Waals surface area contributed by atoms with Gasteiger partial charge in [-0.05, 0) is 77.6 Å². The Bertz CT molecular complexity index is 625. The second-order valence-electron chi connectivity index (χ2n) is 7.77. The molecule has 5 rings (SSSR count). The van der Waals surface area contributed by atoms with Gasteiger partial charge in [-0.3, -0.25) is 14.9 Å². The molecule has 0 atom stereocenters. The van der Waals surface area contributed by atoms with E-state index in [-0.39, 0.29) is 23.9 Å². The summed E-state index contributed by atoms with van der Waals surface area (Å²) < 4.78 is 6.08. The van der Waals surface area contributed by atoms with Crippen LogP contribution in [0.15, 0.2) is 9.98 Å². The molecule has 4 saturated carbocycles. The van der Waals surface area contributed by atoms with Gasteiger partial charge in [0, 0.05) is 0 Å². The summed E-state index contributed by atoms with van der Waals surface area (Å²) in [4.78, 5) is 28.1. The Kier molecular flexibility index (Phi) is 4.41. The van der Waals surface area contributed by atoms with Crippen LogP contribution in [0.2, 0.25) is 0 Å². The lowest BCUT2D eigenvalue weighted by Crippen LogP contribution is -2.47. The molecule has 7 heteroatoms. The first-order valence-electron chi connectivity index (χ1n) is 8.56. The van der Waals surface area contributed by atoms with E-state index in [1.54, 1.807) is 6.20 Å². The topological polar surface area (TPSA) is 68.3 Å². The fourth-order valence-corrected chi connectivity index (χ4v) is 6.60. The molecule has 0 aliphatic heterocycles. The van der Waals surface area contributed by atoms with Crippen molar-refractivity contribution < 1.29 is 14.3 Å². The number of amides is 1. The Hall–Kier alpha value is -0.950. The van der Waals surface area contributed by atoms with Crippen molar-refractivity contribution in [3.63, 3.8) is 0 Å². The molecule has 130 valence electrons. The molecule has 4 aliphatic carbocycles. The highest BCUT2D eigenvalue weighted by Crippen LogP contribution is 2.61. The van der Waals surface area contributed by atoms with Crippen LogP contribution in [0.4, 0.5) is 5.13 Å². The number of nitrogens with one attached hydrogen (secondary N) is 1. The summed E-state index contributed by atoms with van der Waals surface area (Å²) in [5.41, 5.74) is 0.155. The zero-order valence-electron chi connectivity index (χ0n) is 13.4. The molecule has 0 unspecified atom stereocenters. The number of halogens is 1. The second kappa shape index (κ2) is 6.41. The maximum Gasteiger partial charge on any atom is 0.306 e. The largest absolute Gasteiger partial charge is 0.456 e. The number of anilines is 1. The zero-order valence-corrected chi connectivity index (χ0v) is 15.8. The minimum absolute atomic E-state index is 0.155. The predicted molar refractivity (Wildman–Crippen MR) is 94.6 cm³/mol. The summed E-state index contributed by atoms with van der Waals surface area (Å²) in [5.74, 6) is 1.88. The maximum absolute atomic E-state index is 12.3. The van der Waals surface area contributed by atoms with Crippen LogP contribution < -0.4 is 5.32 Å². The molecule has 0 saturated heterocycles. The van der Waals surface area contributed by atoms with Crippen molar-refractivity contribution in [2.45, 2.75) is 44.9 Å². The van der Waals surface area contributed by atoms with Crippen LogP contribution >= 0.6 is 27.3 Å². The van der Waals surface area contributed by atoms with Gasteiger partial charge in [-0.15, -0.1) is 0 Å². The molecule has 24 heavy (non-hydrogen) atoms. The molecular weight excluding hydrogens is 392 g/mol. The molecule has 0 aromatic carbocycles. The van der Waals surface area contributed by atoms with Gasteiger partial charge in [-0.2, -0.15) is 0 Å². The van der Waals surface area contributed by atoms with E-state index < -0.39 is 0 Å². The summed E-state index contributed by atoms with van der Waals surface area (Å²) in [7, 11) is 0. The van der Waals surface area contributed by atoms with E-state index in [1.807, 2.05) is 0 Å². The van der Waals surface area contributed by atoms with E-state index in [2.05, 4.69) is 26.2 Å². The molecule has 4 fully saturated rings. The first-order valence-corrected chi connectivity index (χ1v) is 10.2. The first kappa shape index (κ1) is 16.5. The fourth-order valence-electron chi connectivity index (χ4n) is 5.48. The normalized spacial score (nSPS) is 33.5. The molecule has 0 radical (unpaired) electrons. The number of ether oxygens (including phenoxy) is 1. The molecule has 5 nitrogen and oxygen atoms in total. The van der Waals surface area contributed by atoms with Gasteiger partial charge >= 0.3 is 5.97 Å². The lowest BCUT2D eigenvalue weighted by molar-refractivity contribution is -0.154. The minimum atomic E-state index is -0.337. The molecule has 1 N–H and O–H groups in total. The summed E-state index contributed by atoms with van der Waals surface area (Å²) in [5, 5.41) is 3.14. The number of nitrogens with zero attached hydrogens (tertiary/aromatic N) is 1. The number of esters is 1. The highest BCUT2D eigenvalue weighted by Gasteiger charge is 2.51. The van der Waals surface area contributed by atoms with Crippen LogP contribution in [-0.4, -0.2) is 23.5 Å². The van der Waals surface area contributed by atoms with E-state index in [0.717, 1.165) is 21.5 Å². The Labute approximate surface area is 153 Å². The van der Waals surface area contributed by atoms with Crippen molar-refractivity contribution in [1.29, 1.82) is 0 Å². The number of carbonyl (C=O) groups excluding carboxylic acids is 2. The Balaban J connectivity index is 1.27. The molecule has 1 heterocycles. The number of thiazole rings is 1. The maximum atomic E-state index is 12.3. The van der Waals surface area contributed by atoms with Gasteiger partial charge in [-0.1, -0.05) is 11.3 Å². The van der Waals surface area contributed by atoms with Crippen LogP contribution in [0.5, 0.6) is 0 Å². The van der Waals surface area contributed by atoms with Gasteiger partial charge in [0.1, 0.15) is 0 Å². The third-order valence-electron chi connectivity index (χ3n) is 5.77. The highest BCUT2D eigenvalue weighted by atomic mass is 79.9. The van der Waals surface area contributed by atoms with Crippen molar-refractivity contribution in [2.75, 3.05) is 11.9 Å². The van der Waals surface area contributed by atoms with E-state index in [9.17, 15) is 9.59 Å². The molecule has 4 aliphatic rings. The fraction of sp³-hybridized carbons (Fsp3) is 0.706. The monoisotopic (exact) mass is 412 g/mol. The lowest BCUT2D eigenvalue weighted by Gasteiger charge is -2.56. The van der Waals surface area contributed by atoms with E-state index in [0.29, 0.717) is 11.6 Å². The van der Waals surface area contributed by atoms with Gasteiger partial charge in [-0.25, -0.2) is 4.98 Å².